The number of aryl methyl sites for hydroxylation is 1. The topological polar surface area (TPSA) is 24.9 Å². The fourth-order valence-electron chi connectivity index (χ4n) is 1.42. The van der Waals surface area contributed by atoms with E-state index >= 15 is 0 Å². The fraction of sp³-hybridized carbons (Fsp3) is 0.250. The maximum Gasteiger partial charge on any atom is 0.0897 e. The van der Waals surface area contributed by atoms with E-state index in [1.165, 1.54) is 14.0 Å². The zero-order valence-corrected chi connectivity index (χ0v) is 12.0. The molecular formula is C12H13IN2S. The Bertz CT molecular complexity index is 450. The van der Waals surface area contributed by atoms with Gasteiger partial charge in [-0.25, -0.2) is 4.98 Å². The van der Waals surface area contributed by atoms with Crippen molar-refractivity contribution in [3.8, 4) is 0 Å². The molecule has 0 saturated heterocycles. The van der Waals surface area contributed by atoms with Crippen molar-refractivity contribution in [3.05, 3.63) is 49.5 Å². The van der Waals surface area contributed by atoms with Crippen molar-refractivity contribution in [3.63, 3.8) is 0 Å². The van der Waals surface area contributed by atoms with Gasteiger partial charge in [-0.2, -0.15) is 0 Å². The summed E-state index contributed by atoms with van der Waals surface area (Å²) in [6.07, 6.45) is 1.95. The average Bonchev–Trinajstić information content (AvgIpc) is 2.67. The molecule has 0 radical (unpaired) electrons. The third-order valence-corrected chi connectivity index (χ3v) is 3.84. The number of nitrogens with zero attached hydrogens (tertiary/aromatic N) is 1. The molecule has 0 fully saturated rings. The second-order valence-electron chi connectivity index (χ2n) is 3.58. The first-order valence-electron chi connectivity index (χ1n) is 5.10. The molecule has 4 heteroatoms. The van der Waals surface area contributed by atoms with Crippen molar-refractivity contribution in [1.29, 1.82) is 0 Å². The summed E-state index contributed by atoms with van der Waals surface area (Å²) < 4.78 is 1.28. The second kappa shape index (κ2) is 5.75. The van der Waals surface area contributed by atoms with Crippen LogP contribution in [0.25, 0.3) is 0 Å². The van der Waals surface area contributed by atoms with Gasteiger partial charge in [0.2, 0.25) is 0 Å². The zero-order chi connectivity index (χ0) is 11.4. The summed E-state index contributed by atoms with van der Waals surface area (Å²) in [7, 11) is 0. The maximum absolute atomic E-state index is 4.23. The molecule has 1 heterocycles. The number of benzene rings is 1. The van der Waals surface area contributed by atoms with Crippen LogP contribution in [-0.2, 0) is 13.1 Å². The number of aromatic nitrogens is 1. The lowest BCUT2D eigenvalue weighted by molar-refractivity contribution is 0.700. The van der Waals surface area contributed by atoms with Gasteiger partial charge in [0, 0.05) is 27.7 Å². The Hall–Kier alpha value is -0.460. The van der Waals surface area contributed by atoms with Crippen LogP contribution in [0.5, 0.6) is 0 Å². The van der Waals surface area contributed by atoms with Gasteiger partial charge in [-0.15, -0.1) is 11.3 Å². The number of hydrogen-bond donors (Lipinski definition) is 1. The van der Waals surface area contributed by atoms with E-state index < -0.39 is 0 Å². The summed E-state index contributed by atoms with van der Waals surface area (Å²) in [4.78, 5) is 5.53. The molecule has 0 saturated carbocycles. The van der Waals surface area contributed by atoms with Crippen LogP contribution in [0.4, 0.5) is 0 Å². The highest BCUT2D eigenvalue weighted by Crippen LogP contribution is 2.11. The van der Waals surface area contributed by atoms with E-state index in [0.717, 1.165) is 18.1 Å². The Morgan fingerprint density at radius 2 is 2.00 bits per heavy atom. The van der Waals surface area contributed by atoms with Gasteiger partial charge in [0.15, 0.2) is 0 Å². The van der Waals surface area contributed by atoms with Gasteiger partial charge in [0.25, 0.3) is 0 Å². The van der Waals surface area contributed by atoms with Crippen LogP contribution in [0.15, 0.2) is 30.5 Å². The molecule has 0 amide bonds. The summed E-state index contributed by atoms with van der Waals surface area (Å²) in [5.74, 6) is 0. The minimum atomic E-state index is 0.900. The summed E-state index contributed by atoms with van der Waals surface area (Å²) in [5, 5.41) is 4.55. The third kappa shape index (κ3) is 3.54. The fourth-order valence-corrected chi connectivity index (χ4v) is 2.54. The van der Waals surface area contributed by atoms with E-state index in [1.54, 1.807) is 11.3 Å². The van der Waals surface area contributed by atoms with Gasteiger partial charge >= 0.3 is 0 Å². The Morgan fingerprint density at radius 3 is 2.62 bits per heavy atom. The number of rotatable bonds is 4. The molecule has 0 aliphatic heterocycles. The number of halogens is 1. The van der Waals surface area contributed by atoms with Gasteiger partial charge < -0.3 is 5.32 Å². The predicted molar refractivity (Wildman–Crippen MR) is 76.6 cm³/mol. The molecule has 2 aromatic rings. The molecule has 0 spiro atoms. The van der Waals surface area contributed by atoms with Crippen LogP contribution in [0.1, 0.15) is 15.4 Å². The van der Waals surface area contributed by atoms with Gasteiger partial charge in [0.05, 0.1) is 5.01 Å². The molecule has 0 atom stereocenters. The summed E-state index contributed by atoms with van der Waals surface area (Å²) in [6, 6.07) is 8.59. The van der Waals surface area contributed by atoms with Gasteiger partial charge in [0.1, 0.15) is 0 Å². The lowest BCUT2D eigenvalue weighted by atomic mass is 10.2. The molecule has 1 aromatic carbocycles. The number of hydrogen-bond acceptors (Lipinski definition) is 3. The monoisotopic (exact) mass is 344 g/mol. The molecule has 2 nitrogen and oxygen atoms in total. The SMILES string of the molecule is Cc1ncc(CNCc2ccc(I)cc2)s1. The van der Waals surface area contributed by atoms with Gasteiger partial charge in [-0.05, 0) is 47.2 Å². The molecule has 16 heavy (non-hydrogen) atoms. The predicted octanol–water partition coefficient (Wildman–Crippen LogP) is 3.35. The number of thiazole rings is 1. The average molecular weight is 344 g/mol. The lowest BCUT2D eigenvalue weighted by Crippen LogP contribution is -2.11. The summed E-state index contributed by atoms with van der Waals surface area (Å²) >= 11 is 4.07. The van der Waals surface area contributed by atoms with Gasteiger partial charge in [-0.3, -0.25) is 0 Å². The highest BCUT2D eigenvalue weighted by atomic mass is 127. The minimum absolute atomic E-state index is 0.900. The molecule has 0 aliphatic carbocycles. The van der Waals surface area contributed by atoms with Crippen LogP contribution >= 0.6 is 33.9 Å². The van der Waals surface area contributed by atoms with Crippen LogP contribution in [0.3, 0.4) is 0 Å². The first-order chi connectivity index (χ1) is 7.74. The summed E-state index contributed by atoms with van der Waals surface area (Å²) in [6.45, 7) is 3.85. The van der Waals surface area contributed by atoms with E-state index in [4.69, 9.17) is 0 Å². The van der Waals surface area contributed by atoms with E-state index in [0.29, 0.717) is 0 Å². The Labute approximate surface area is 113 Å². The Balaban J connectivity index is 1.82. The molecule has 0 unspecified atom stereocenters. The first-order valence-corrected chi connectivity index (χ1v) is 7.00. The Kier molecular flexibility index (Phi) is 4.31. The maximum atomic E-state index is 4.23. The molecule has 1 N–H and O–H groups in total. The molecule has 1 aromatic heterocycles. The van der Waals surface area contributed by atoms with Crippen molar-refractivity contribution in [2.24, 2.45) is 0 Å². The zero-order valence-electron chi connectivity index (χ0n) is 9.03. The standard InChI is InChI=1S/C12H13IN2S/c1-9-15-8-12(16-9)7-14-6-10-2-4-11(13)5-3-10/h2-5,8,14H,6-7H2,1H3. The molecule has 0 bridgehead atoms. The van der Waals surface area contributed by atoms with Crippen LogP contribution in [0, 0.1) is 10.5 Å². The molecular weight excluding hydrogens is 331 g/mol. The van der Waals surface area contributed by atoms with Crippen molar-refractivity contribution in [1.82, 2.24) is 10.3 Å². The quantitative estimate of drug-likeness (QED) is 0.861. The highest BCUT2D eigenvalue weighted by Gasteiger charge is 1.97. The van der Waals surface area contributed by atoms with E-state index in [9.17, 15) is 0 Å². The van der Waals surface area contributed by atoms with Crippen LogP contribution < -0.4 is 5.32 Å². The Morgan fingerprint density at radius 1 is 1.25 bits per heavy atom. The summed E-state index contributed by atoms with van der Waals surface area (Å²) in [5.41, 5.74) is 1.32. The lowest BCUT2D eigenvalue weighted by Gasteiger charge is -2.03. The van der Waals surface area contributed by atoms with Crippen molar-refractivity contribution in [2.45, 2.75) is 20.0 Å². The van der Waals surface area contributed by atoms with E-state index in [1.807, 2.05) is 13.1 Å². The third-order valence-electron chi connectivity index (χ3n) is 2.21. The molecule has 2 rings (SSSR count). The normalized spacial score (nSPS) is 10.6. The molecule has 0 aliphatic rings. The van der Waals surface area contributed by atoms with E-state index in [2.05, 4.69) is 57.2 Å². The van der Waals surface area contributed by atoms with Crippen molar-refractivity contribution in [2.75, 3.05) is 0 Å². The van der Waals surface area contributed by atoms with Crippen molar-refractivity contribution < 1.29 is 0 Å². The number of nitrogens with one attached hydrogen (secondary N) is 1. The highest BCUT2D eigenvalue weighted by molar-refractivity contribution is 14.1. The van der Waals surface area contributed by atoms with Gasteiger partial charge in [-0.1, -0.05) is 12.1 Å². The van der Waals surface area contributed by atoms with E-state index in [-0.39, 0.29) is 0 Å². The first kappa shape index (κ1) is 12.0. The second-order valence-corrected chi connectivity index (χ2v) is 6.14. The largest absolute Gasteiger partial charge is 0.308 e. The van der Waals surface area contributed by atoms with Crippen LogP contribution in [0.2, 0.25) is 0 Å². The van der Waals surface area contributed by atoms with Crippen LogP contribution in [-0.4, -0.2) is 4.98 Å². The van der Waals surface area contributed by atoms with Crippen molar-refractivity contribution >= 4 is 33.9 Å². The smallest absolute Gasteiger partial charge is 0.0897 e. The minimum Gasteiger partial charge on any atom is -0.308 e. The molecule has 84 valence electrons.